The van der Waals surface area contributed by atoms with Gasteiger partial charge in [-0.1, -0.05) is 30.7 Å². The Labute approximate surface area is 283 Å². The molecular weight excluding hydrogens is 608 g/mol. The van der Waals surface area contributed by atoms with Gasteiger partial charge in [0.1, 0.15) is 5.60 Å². The van der Waals surface area contributed by atoms with Crippen molar-refractivity contribution in [2.24, 2.45) is 28.6 Å². The minimum Gasteiger partial charge on any atom is -0.440 e. The van der Waals surface area contributed by atoms with Crippen molar-refractivity contribution in [3.05, 3.63) is 81.9 Å². The Kier molecular flexibility index (Phi) is 7.89. The number of rotatable bonds is 4. The first kappa shape index (κ1) is 32.2. The maximum Gasteiger partial charge on any atom is 0.410 e. The lowest BCUT2D eigenvalue weighted by Gasteiger charge is -2.57. The zero-order valence-electron chi connectivity index (χ0n) is 28.4. The van der Waals surface area contributed by atoms with E-state index in [-0.39, 0.29) is 28.8 Å². The summed E-state index contributed by atoms with van der Waals surface area (Å²) < 4.78 is 34.9. The fourth-order valence-corrected chi connectivity index (χ4v) is 11.8. The molecule has 1 heterocycles. The van der Waals surface area contributed by atoms with Crippen LogP contribution in [0.4, 0.5) is 13.6 Å². The average Bonchev–Trinajstić information content (AvgIpc) is 3.49. The van der Waals surface area contributed by atoms with Gasteiger partial charge in [0.2, 0.25) is 0 Å². The summed E-state index contributed by atoms with van der Waals surface area (Å²) in [5.74, 6) is -0.0833. The van der Waals surface area contributed by atoms with Crippen LogP contribution in [0.1, 0.15) is 124 Å². The molecule has 4 atom stereocenters. The SMILES string of the molecule is CC1=CCCC2(C)C(CCC23CN(CC24CC5CC(CC(C5)C2)C4)C(=O)O3)c2ccc(cc2C(=O)c2ccc(F)c(F)c2)CC(O)CC1. The Morgan fingerprint density at radius 1 is 0.979 bits per heavy atom. The van der Waals surface area contributed by atoms with Gasteiger partial charge in [-0.05, 0) is 155 Å². The lowest BCUT2D eigenvalue weighted by molar-refractivity contribution is -0.0641. The van der Waals surface area contributed by atoms with E-state index in [1.165, 1.54) is 50.2 Å². The smallest absolute Gasteiger partial charge is 0.410 e. The van der Waals surface area contributed by atoms with Crippen molar-refractivity contribution in [2.75, 3.05) is 13.1 Å². The summed E-state index contributed by atoms with van der Waals surface area (Å²) in [7, 11) is 0. The molecule has 10 rings (SSSR count). The van der Waals surface area contributed by atoms with Gasteiger partial charge >= 0.3 is 6.09 Å². The largest absolute Gasteiger partial charge is 0.440 e. The van der Waals surface area contributed by atoms with E-state index in [2.05, 4.69) is 19.9 Å². The average molecular weight is 658 g/mol. The number of aliphatic hydroxyl groups excluding tert-OH is 1. The van der Waals surface area contributed by atoms with Gasteiger partial charge in [-0.2, -0.15) is 0 Å². The van der Waals surface area contributed by atoms with Crippen molar-refractivity contribution in [2.45, 2.75) is 115 Å². The second kappa shape index (κ2) is 11.8. The first-order valence-corrected chi connectivity index (χ1v) is 18.4. The number of allylic oxidation sites excluding steroid dienone is 2. The molecule has 7 heteroatoms. The predicted molar refractivity (Wildman–Crippen MR) is 180 cm³/mol. The van der Waals surface area contributed by atoms with Gasteiger partial charge in [0.05, 0.1) is 12.6 Å². The maximum absolute atomic E-state index is 14.4. The Morgan fingerprint density at radius 3 is 2.42 bits per heavy atom. The molecule has 2 aromatic rings. The van der Waals surface area contributed by atoms with Crippen molar-refractivity contribution < 1.29 is 28.2 Å². The quantitative estimate of drug-likeness (QED) is 0.264. The summed E-state index contributed by atoms with van der Waals surface area (Å²) in [6.07, 6.45) is 14.1. The molecule has 7 aliphatic carbocycles. The van der Waals surface area contributed by atoms with Crippen LogP contribution in [0.5, 0.6) is 0 Å². The second-order valence-electron chi connectivity index (χ2n) is 17.0. The fraction of sp³-hybridized carbons (Fsp3) is 0.610. The van der Waals surface area contributed by atoms with Gasteiger partial charge < -0.3 is 14.7 Å². The van der Waals surface area contributed by atoms with Crippen molar-refractivity contribution in [3.63, 3.8) is 0 Å². The lowest BCUT2D eigenvalue weighted by Crippen LogP contribution is -2.52. The zero-order chi connectivity index (χ0) is 33.4. The molecule has 1 saturated heterocycles. The van der Waals surface area contributed by atoms with E-state index in [4.69, 9.17) is 4.74 Å². The molecule has 1 spiro atoms. The van der Waals surface area contributed by atoms with Crippen LogP contribution in [0.3, 0.4) is 0 Å². The molecule has 4 unspecified atom stereocenters. The van der Waals surface area contributed by atoms with E-state index in [1.54, 1.807) is 0 Å². The number of aliphatic hydroxyl groups is 1. The highest BCUT2D eigenvalue weighted by atomic mass is 19.2. The van der Waals surface area contributed by atoms with Gasteiger partial charge in [0.25, 0.3) is 0 Å². The Bertz CT molecular complexity index is 1630. The van der Waals surface area contributed by atoms with Crippen molar-refractivity contribution in [1.29, 1.82) is 0 Å². The number of hydrogen-bond donors (Lipinski definition) is 1. The first-order valence-electron chi connectivity index (χ1n) is 18.4. The number of fused-ring (bicyclic) bond motifs is 8. The van der Waals surface area contributed by atoms with Gasteiger partial charge in [0.15, 0.2) is 17.4 Å². The van der Waals surface area contributed by atoms with Crippen molar-refractivity contribution in [1.82, 2.24) is 4.90 Å². The Morgan fingerprint density at radius 2 is 1.71 bits per heavy atom. The molecule has 6 bridgehead atoms. The van der Waals surface area contributed by atoms with Crippen LogP contribution in [0.25, 0.3) is 0 Å². The molecule has 0 radical (unpaired) electrons. The number of nitrogens with zero attached hydrogens (tertiary/aromatic N) is 1. The van der Waals surface area contributed by atoms with E-state index in [0.29, 0.717) is 31.4 Å². The summed E-state index contributed by atoms with van der Waals surface area (Å²) in [6.45, 7) is 5.73. The summed E-state index contributed by atoms with van der Waals surface area (Å²) in [6, 6.07) is 9.18. The number of amides is 1. The first-order chi connectivity index (χ1) is 22.9. The molecular formula is C41H49F2NO4. The number of benzene rings is 2. The molecule has 256 valence electrons. The molecule has 0 aromatic heterocycles. The van der Waals surface area contributed by atoms with Crippen LogP contribution in [-0.2, 0) is 11.2 Å². The zero-order valence-corrected chi connectivity index (χ0v) is 28.4. The van der Waals surface area contributed by atoms with Crippen LogP contribution in [0.15, 0.2) is 48.0 Å². The van der Waals surface area contributed by atoms with Crippen LogP contribution >= 0.6 is 0 Å². The normalized spacial score (nSPS) is 37.4. The van der Waals surface area contributed by atoms with E-state index < -0.39 is 28.8 Å². The van der Waals surface area contributed by atoms with Gasteiger partial charge in [0, 0.05) is 23.1 Å². The van der Waals surface area contributed by atoms with Gasteiger partial charge in [-0.15, -0.1) is 0 Å². The minimum atomic E-state index is -1.06. The monoisotopic (exact) mass is 657 g/mol. The second-order valence-corrected chi connectivity index (χ2v) is 17.0. The highest BCUT2D eigenvalue weighted by molar-refractivity contribution is 6.10. The molecule has 2 aromatic carbocycles. The number of carbonyl (C=O) groups excluding carboxylic acids is 2. The summed E-state index contributed by atoms with van der Waals surface area (Å²) in [5, 5.41) is 10.9. The van der Waals surface area contributed by atoms with Crippen LogP contribution in [-0.4, -0.2) is 46.7 Å². The van der Waals surface area contributed by atoms with E-state index >= 15 is 0 Å². The minimum absolute atomic E-state index is 0.0929. The third kappa shape index (κ3) is 5.43. The third-order valence-corrected chi connectivity index (χ3v) is 13.7. The lowest BCUT2D eigenvalue weighted by atomic mass is 9.49. The molecule has 6 fully saturated rings. The molecule has 1 aliphatic heterocycles. The molecule has 5 nitrogen and oxygen atoms in total. The van der Waals surface area contributed by atoms with Gasteiger partial charge in [-0.3, -0.25) is 4.79 Å². The fourth-order valence-electron chi connectivity index (χ4n) is 11.8. The van der Waals surface area contributed by atoms with Crippen molar-refractivity contribution >= 4 is 11.9 Å². The van der Waals surface area contributed by atoms with Crippen molar-refractivity contribution in [3.8, 4) is 0 Å². The number of carbonyl (C=O) groups is 2. The Hall–Kier alpha value is -3.06. The third-order valence-electron chi connectivity index (χ3n) is 13.7. The van der Waals surface area contributed by atoms with E-state index in [1.807, 2.05) is 23.1 Å². The standard InChI is InChI=1S/C41H49F2NO4/c1-25-4-3-12-39(2)34(11-13-41(39)24-44(38(47)48-41)23-40-20-27-14-28(21-40)16-29(15-27)22-40)32-9-6-26(17-31(45)8-5-25)18-33(32)37(46)30-7-10-35(42)36(43)19-30/h4,6-7,9-10,18-19,27-29,31,34,45H,3,5,8,11-17,20-24H2,1-2H3. The van der Waals surface area contributed by atoms with E-state index in [0.717, 1.165) is 73.2 Å². The number of ether oxygens (including phenoxy) is 1. The summed E-state index contributed by atoms with van der Waals surface area (Å²) >= 11 is 0. The number of ketones is 1. The summed E-state index contributed by atoms with van der Waals surface area (Å²) in [5.41, 5.74) is 2.54. The van der Waals surface area contributed by atoms with Gasteiger partial charge in [-0.25, -0.2) is 13.6 Å². The number of halogens is 2. The maximum atomic E-state index is 14.4. The van der Waals surface area contributed by atoms with Crippen LogP contribution < -0.4 is 0 Å². The molecule has 1 N–H and O–H groups in total. The van der Waals surface area contributed by atoms with Crippen LogP contribution in [0.2, 0.25) is 0 Å². The molecule has 8 aliphatic rings. The highest BCUT2D eigenvalue weighted by Crippen LogP contribution is 2.64. The number of hydrogen-bond acceptors (Lipinski definition) is 4. The summed E-state index contributed by atoms with van der Waals surface area (Å²) in [4.78, 5) is 30.1. The Balaban J connectivity index is 1.17. The predicted octanol–water partition coefficient (Wildman–Crippen LogP) is 8.91. The van der Waals surface area contributed by atoms with Crippen LogP contribution in [0, 0.1) is 40.2 Å². The highest BCUT2D eigenvalue weighted by Gasteiger charge is 2.65. The topological polar surface area (TPSA) is 66.8 Å². The molecule has 48 heavy (non-hydrogen) atoms. The molecule has 5 saturated carbocycles. The van der Waals surface area contributed by atoms with E-state index in [9.17, 15) is 23.5 Å². The molecule has 1 amide bonds.